The van der Waals surface area contributed by atoms with Gasteiger partial charge in [-0.05, 0) is 62.9 Å². The van der Waals surface area contributed by atoms with Gasteiger partial charge >= 0.3 is 6.01 Å². The van der Waals surface area contributed by atoms with Crippen molar-refractivity contribution in [2.75, 3.05) is 75.8 Å². The van der Waals surface area contributed by atoms with E-state index in [1.165, 1.54) is 0 Å². The van der Waals surface area contributed by atoms with Crippen molar-refractivity contribution in [3.8, 4) is 12.1 Å². The summed E-state index contributed by atoms with van der Waals surface area (Å²) >= 11 is 6.73. The number of nitriles is 1. The third kappa shape index (κ3) is 7.32. The lowest BCUT2D eigenvalue weighted by atomic mass is 10.0. The number of benzene rings is 2. The van der Waals surface area contributed by atoms with E-state index in [1.54, 1.807) is 6.08 Å². The molecule has 0 N–H and O–H groups in total. The summed E-state index contributed by atoms with van der Waals surface area (Å²) in [5.74, 6) is 0.743. The van der Waals surface area contributed by atoms with Crippen LogP contribution in [-0.2, 0) is 17.8 Å². The molecular weight excluding hydrogens is 643 g/mol. The molecule has 49 heavy (non-hydrogen) atoms. The van der Waals surface area contributed by atoms with Crippen molar-refractivity contribution >= 4 is 39.8 Å². The highest BCUT2D eigenvalue weighted by atomic mass is 35.5. The van der Waals surface area contributed by atoms with E-state index in [2.05, 4.69) is 52.1 Å². The molecular formula is C37H44ClFN8O2. The van der Waals surface area contributed by atoms with E-state index >= 15 is 0 Å². The summed E-state index contributed by atoms with van der Waals surface area (Å²) in [5, 5.41) is 12.6. The van der Waals surface area contributed by atoms with Gasteiger partial charge in [0.15, 0.2) is 0 Å². The molecule has 4 aliphatic rings. The van der Waals surface area contributed by atoms with Crippen LogP contribution >= 0.6 is 11.6 Å². The number of halogens is 2. The minimum atomic E-state index is -0.729. The van der Waals surface area contributed by atoms with E-state index in [4.69, 9.17) is 26.3 Å². The number of hydrogen-bond acceptors (Lipinski definition) is 9. The molecule has 258 valence electrons. The zero-order valence-electron chi connectivity index (χ0n) is 28.1. The average Bonchev–Trinajstić information content (AvgIpc) is 3.51. The summed E-state index contributed by atoms with van der Waals surface area (Å²) < 4.78 is 19.5. The molecule has 10 nitrogen and oxygen atoms in total. The lowest BCUT2D eigenvalue weighted by molar-refractivity contribution is -0.128. The van der Waals surface area contributed by atoms with E-state index in [0.29, 0.717) is 64.3 Å². The van der Waals surface area contributed by atoms with Gasteiger partial charge in [0.05, 0.1) is 35.8 Å². The van der Waals surface area contributed by atoms with E-state index in [1.807, 2.05) is 28.0 Å². The van der Waals surface area contributed by atoms with Crippen LogP contribution in [0.15, 0.2) is 48.6 Å². The standard InChI is InChI=1S/C37H44ClFN8O2/c1-43-16-6-9-29(43)25-49-37-41-32-24-45(33-11-5-8-26-7-4-10-31(38)35(26)33)18-14-30(32)36(42-37)46-19-20-47(28(23-46)13-15-40)34(48)12-2-3-17-44-21-27(39)22-44/h2,4-5,7-8,10-12,27-29H,3,6,9,13-14,16-25H2,1H3/b12-2+/t28-,29-/m0/s1. The van der Waals surface area contributed by atoms with Gasteiger partial charge in [-0.25, -0.2) is 4.39 Å². The highest BCUT2D eigenvalue weighted by Gasteiger charge is 2.34. The molecule has 2 aromatic carbocycles. The Bertz CT molecular complexity index is 1740. The zero-order chi connectivity index (χ0) is 33.9. The molecule has 3 aromatic rings. The smallest absolute Gasteiger partial charge is 0.318 e. The number of fused-ring (bicyclic) bond motifs is 2. The van der Waals surface area contributed by atoms with Crippen molar-refractivity contribution in [2.24, 2.45) is 0 Å². The second kappa shape index (κ2) is 14.9. The number of nitrogens with zero attached hydrogens (tertiary/aromatic N) is 8. The minimum Gasteiger partial charge on any atom is -0.462 e. The molecule has 2 atom stereocenters. The van der Waals surface area contributed by atoms with Gasteiger partial charge in [0.25, 0.3) is 0 Å². The van der Waals surface area contributed by atoms with Crippen LogP contribution in [0.1, 0.15) is 36.9 Å². The molecule has 0 aliphatic carbocycles. The molecule has 1 amide bonds. The number of carbonyl (C=O) groups excluding carboxylic acids is 1. The van der Waals surface area contributed by atoms with Gasteiger partial charge in [0, 0.05) is 68.5 Å². The minimum absolute atomic E-state index is 0.0920. The number of likely N-dealkylation sites (N-methyl/N-ethyl adjacent to an activating group) is 1. The van der Waals surface area contributed by atoms with Crippen molar-refractivity contribution < 1.29 is 13.9 Å². The normalized spacial score (nSPS) is 22.0. The molecule has 5 heterocycles. The third-order valence-corrected chi connectivity index (χ3v) is 10.8. The van der Waals surface area contributed by atoms with Crippen LogP contribution < -0.4 is 14.5 Å². The predicted molar refractivity (Wildman–Crippen MR) is 190 cm³/mol. The summed E-state index contributed by atoms with van der Waals surface area (Å²) in [6, 6.07) is 15.0. The fourth-order valence-electron chi connectivity index (χ4n) is 7.66. The van der Waals surface area contributed by atoms with Crippen LogP contribution in [0.5, 0.6) is 6.01 Å². The number of rotatable bonds is 10. The second-order valence-corrected chi connectivity index (χ2v) is 14.1. The Morgan fingerprint density at radius 2 is 1.92 bits per heavy atom. The monoisotopic (exact) mass is 686 g/mol. The Hall–Kier alpha value is -3.98. The van der Waals surface area contributed by atoms with E-state index in [9.17, 15) is 14.4 Å². The fraction of sp³-hybridized carbons (Fsp3) is 0.514. The van der Waals surface area contributed by atoms with Crippen molar-refractivity contribution in [1.82, 2.24) is 24.7 Å². The van der Waals surface area contributed by atoms with Gasteiger partial charge in [-0.3, -0.25) is 9.69 Å². The lowest BCUT2D eigenvalue weighted by Crippen LogP contribution is -2.55. The van der Waals surface area contributed by atoms with Gasteiger partial charge in [0.1, 0.15) is 18.6 Å². The van der Waals surface area contributed by atoms with Crippen molar-refractivity contribution in [1.29, 1.82) is 5.26 Å². The lowest BCUT2D eigenvalue weighted by Gasteiger charge is -2.42. The van der Waals surface area contributed by atoms with Crippen molar-refractivity contribution in [3.05, 3.63) is 64.8 Å². The highest BCUT2D eigenvalue weighted by Crippen LogP contribution is 2.37. The van der Waals surface area contributed by atoms with Crippen molar-refractivity contribution in [3.63, 3.8) is 0 Å². The molecule has 0 spiro atoms. The molecule has 1 aromatic heterocycles. The molecule has 0 radical (unpaired) electrons. The maximum Gasteiger partial charge on any atom is 0.318 e. The fourth-order valence-corrected chi connectivity index (χ4v) is 7.94. The number of hydrogen-bond donors (Lipinski definition) is 0. The van der Waals surface area contributed by atoms with Gasteiger partial charge in [-0.1, -0.05) is 41.9 Å². The topological polar surface area (TPSA) is 92.1 Å². The quantitative estimate of drug-likeness (QED) is 0.278. The Labute approximate surface area is 292 Å². The van der Waals surface area contributed by atoms with Crippen LogP contribution in [0.3, 0.4) is 0 Å². The van der Waals surface area contributed by atoms with Crippen LogP contribution in [0.4, 0.5) is 15.9 Å². The first-order chi connectivity index (χ1) is 23.9. The Kier molecular flexibility index (Phi) is 10.2. The molecule has 4 aliphatic heterocycles. The summed E-state index contributed by atoms with van der Waals surface area (Å²) in [7, 11) is 2.13. The molecule has 7 rings (SSSR count). The molecule has 0 bridgehead atoms. The second-order valence-electron chi connectivity index (χ2n) is 13.7. The number of likely N-dealkylation sites (tertiary alicyclic amines) is 2. The number of ether oxygens (including phenoxy) is 1. The Balaban J connectivity index is 1.12. The Morgan fingerprint density at radius 1 is 1.08 bits per heavy atom. The van der Waals surface area contributed by atoms with E-state index in [-0.39, 0.29) is 18.4 Å². The molecule has 0 saturated carbocycles. The Morgan fingerprint density at radius 3 is 2.69 bits per heavy atom. The summed E-state index contributed by atoms with van der Waals surface area (Å²) in [5.41, 5.74) is 3.09. The number of carbonyl (C=O) groups is 1. The van der Waals surface area contributed by atoms with Gasteiger partial charge < -0.3 is 24.3 Å². The summed E-state index contributed by atoms with van der Waals surface area (Å²) in [6.45, 7) is 6.19. The zero-order valence-corrected chi connectivity index (χ0v) is 28.9. The molecule has 3 fully saturated rings. The number of piperazine rings is 1. The number of anilines is 2. The number of alkyl halides is 1. The van der Waals surface area contributed by atoms with E-state index < -0.39 is 6.17 Å². The molecule has 0 unspecified atom stereocenters. The molecule has 3 saturated heterocycles. The maximum absolute atomic E-state index is 13.3. The summed E-state index contributed by atoms with van der Waals surface area (Å²) in [4.78, 5) is 34.0. The number of amides is 1. The molecule has 12 heteroatoms. The SMILES string of the molecule is CN1CCC[C@H]1COc1nc2c(c(N3CCN(C(=O)/C=C/CCN4CC(F)C4)[C@@H](CC#N)C3)n1)CCN(c1cccc3cccc(Cl)c13)C2. The van der Waals surface area contributed by atoms with Crippen molar-refractivity contribution in [2.45, 2.75) is 56.9 Å². The first-order valence-corrected chi connectivity index (χ1v) is 17.9. The highest BCUT2D eigenvalue weighted by molar-refractivity contribution is 6.36. The van der Waals surface area contributed by atoms with Crippen LogP contribution in [0.25, 0.3) is 10.8 Å². The van der Waals surface area contributed by atoms with Gasteiger partial charge in [-0.2, -0.15) is 15.2 Å². The van der Waals surface area contributed by atoms with E-state index in [0.717, 1.165) is 77.5 Å². The third-order valence-electron chi connectivity index (χ3n) is 10.4. The number of aromatic nitrogens is 2. The van der Waals surface area contributed by atoms with Crippen LogP contribution in [0, 0.1) is 11.3 Å². The largest absolute Gasteiger partial charge is 0.462 e. The maximum atomic E-state index is 13.3. The summed E-state index contributed by atoms with van der Waals surface area (Å²) in [6.07, 6.45) is 6.64. The van der Waals surface area contributed by atoms with Gasteiger partial charge in [0.2, 0.25) is 5.91 Å². The van der Waals surface area contributed by atoms with Crippen LogP contribution in [-0.4, -0.2) is 115 Å². The predicted octanol–water partition coefficient (Wildman–Crippen LogP) is 4.85. The van der Waals surface area contributed by atoms with Gasteiger partial charge in [-0.15, -0.1) is 0 Å². The first kappa shape index (κ1) is 33.5. The first-order valence-electron chi connectivity index (χ1n) is 17.5. The van der Waals surface area contributed by atoms with Crippen LogP contribution in [0.2, 0.25) is 5.02 Å². The average molecular weight is 687 g/mol.